The average Bonchev–Trinajstić information content (AvgIpc) is 2.88. The van der Waals surface area contributed by atoms with E-state index in [0.717, 1.165) is 5.52 Å². The number of hydrogen-bond donors (Lipinski definition) is 0. The number of halogens is 1. The van der Waals surface area contributed by atoms with Crippen LogP contribution < -0.4 is 5.69 Å². The molecule has 0 atom stereocenters. The fraction of sp³-hybridized carbons (Fsp3) is 0.200. The minimum Gasteiger partial charge on any atom is -0.333 e. The molecule has 0 bridgehead atoms. The standard InChI is InChI=1S/C20H20FN3O2/c1-3-12-23(13-15-8-4-5-9-16(15)21)19(25)14-24-18-11-7-6-10-17(18)22(2)20(24)26/h3-11H,1,12-14H2,2H3. The highest BCUT2D eigenvalue weighted by Gasteiger charge is 2.18. The number of carbonyl (C=O) groups is 1. The molecule has 0 aliphatic heterocycles. The Balaban J connectivity index is 1.90. The van der Waals surface area contributed by atoms with Gasteiger partial charge >= 0.3 is 5.69 Å². The number of para-hydroxylation sites is 2. The highest BCUT2D eigenvalue weighted by Crippen LogP contribution is 2.14. The maximum atomic E-state index is 13.9. The van der Waals surface area contributed by atoms with E-state index in [2.05, 4.69) is 6.58 Å². The van der Waals surface area contributed by atoms with E-state index in [1.807, 2.05) is 18.2 Å². The number of hydrogen-bond acceptors (Lipinski definition) is 2. The normalized spacial score (nSPS) is 10.8. The van der Waals surface area contributed by atoms with E-state index in [0.29, 0.717) is 11.1 Å². The molecule has 2 aromatic carbocycles. The van der Waals surface area contributed by atoms with Crippen molar-refractivity contribution in [2.45, 2.75) is 13.1 Å². The van der Waals surface area contributed by atoms with Gasteiger partial charge in [-0.25, -0.2) is 9.18 Å². The molecule has 0 saturated heterocycles. The van der Waals surface area contributed by atoms with Crippen LogP contribution in [0, 0.1) is 5.82 Å². The molecule has 0 aliphatic carbocycles. The van der Waals surface area contributed by atoms with Crippen molar-refractivity contribution >= 4 is 16.9 Å². The summed E-state index contributed by atoms with van der Waals surface area (Å²) in [6.07, 6.45) is 1.59. The van der Waals surface area contributed by atoms with Gasteiger partial charge in [-0.15, -0.1) is 6.58 Å². The van der Waals surface area contributed by atoms with E-state index in [1.165, 1.54) is 20.1 Å². The van der Waals surface area contributed by atoms with Gasteiger partial charge in [0, 0.05) is 25.7 Å². The van der Waals surface area contributed by atoms with E-state index in [9.17, 15) is 14.0 Å². The molecule has 1 aromatic heterocycles. The summed E-state index contributed by atoms with van der Waals surface area (Å²) in [5, 5.41) is 0. The molecule has 0 saturated carbocycles. The van der Waals surface area contributed by atoms with Crippen LogP contribution in [0.5, 0.6) is 0 Å². The molecule has 5 nitrogen and oxygen atoms in total. The van der Waals surface area contributed by atoms with Crippen LogP contribution in [0.2, 0.25) is 0 Å². The second kappa shape index (κ2) is 7.39. The Labute approximate surface area is 150 Å². The predicted octanol–water partition coefficient (Wildman–Crippen LogP) is 2.69. The monoisotopic (exact) mass is 353 g/mol. The number of nitrogens with zero attached hydrogens (tertiary/aromatic N) is 3. The molecule has 0 fully saturated rings. The van der Waals surface area contributed by atoms with Crippen LogP contribution in [-0.4, -0.2) is 26.5 Å². The predicted molar refractivity (Wildman–Crippen MR) is 99.2 cm³/mol. The molecule has 0 aliphatic rings. The van der Waals surface area contributed by atoms with E-state index in [4.69, 9.17) is 0 Å². The van der Waals surface area contributed by atoms with E-state index < -0.39 is 0 Å². The number of aromatic nitrogens is 2. The first-order chi connectivity index (χ1) is 12.5. The zero-order valence-corrected chi connectivity index (χ0v) is 14.6. The zero-order valence-electron chi connectivity index (χ0n) is 14.6. The Morgan fingerprint density at radius 1 is 1.15 bits per heavy atom. The highest BCUT2D eigenvalue weighted by atomic mass is 19.1. The number of rotatable bonds is 6. The number of carbonyl (C=O) groups excluding carboxylic acids is 1. The van der Waals surface area contributed by atoms with Gasteiger partial charge in [0.1, 0.15) is 12.4 Å². The molecule has 1 heterocycles. The van der Waals surface area contributed by atoms with Crippen LogP contribution in [0.15, 0.2) is 66.0 Å². The fourth-order valence-corrected chi connectivity index (χ4v) is 2.99. The summed E-state index contributed by atoms with van der Waals surface area (Å²) >= 11 is 0. The lowest BCUT2D eigenvalue weighted by molar-refractivity contribution is -0.131. The molecule has 26 heavy (non-hydrogen) atoms. The first-order valence-electron chi connectivity index (χ1n) is 8.29. The molecule has 3 aromatic rings. The molecule has 1 amide bonds. The third kappa shape index (κ3) is 3.31. The zero-order chi connectivity index (χ0) is 18.7. The quantitative estimate of drug-likeness (QED) is 0.640. The first-order valence-corrected chi connectivity index (χ1v) is 8.29. The van der Waals surface area contributed by atoms with Crippen LogP contribution in [-0.2, 0) is 24.9 Å². The second-order valence-corrected chi connectivity index (χ2v) is 6.07. The van der Waals surface area contributed by atoms with Crippen molar-refractivity contribution in [2.24, 2.45) is 7.05 Å². The summed E-state index contributed by atoms with van der Waals surface area (Å²) in [7, 11) is 1.67. The average molecular weight is 353 g/mol. The molecular formula is C20H20FN3O2. The summed E-state index contributed by atoms with van der Waals surface area (Å²) in [5.41, 5.74) is 1.62. The minimum absolute atomic E-state index is 0.109. The van der Waals surface area contributed by atoms with E-state index >= 15 is 0 Å². The van der Waals surface area contributed by atoms with E-state index in [1.54, 1.807) is 37.4 Å². The van der Waals surface area contributed by atoms with Gasteiger partial charge in [-0.2, -0.15) is 0 Å². The number of imidazole rings is 1. The van der Waals surface area contributed by atoms with Crippen molar-refractivity contribution < 1.29 is 9.18 Å². The fourth-order valence-electron chi connectivity index (χ4n) is 2.99. The van der Waals surface area contributed by atoms with Gasteiger partial charge in [-0.3, -0.25) is 13.9 Å². The van der Waals surface area contributed by atoms with Gasteiger partial charge in [0.2, 0.25) is 5.91 Å². The number of benzene rings is 2. The Bertz CT molecular complexity index is 1020. The topological polar surface area (TPSA) is 47.2 Å². The van der Waals surface area contributed by atoms with Gasteiger partial charge in [-0.1, -0.05) is 36.4 Å². The van der Waals surface area contributed by atoms with Gasteiger partial charge in [0.15, 0.2) is 0 Å². The third-order valence-corrected chi connectivity index (χ3v) is 4.37. The molecular weight excluding hydrogens is 333 g/mol. The molecule has 134 valence electrons. The lowest BCUT2D eigenvalue weighted by Crippen LogP contribution is -2.36. The summed E-state index contributed by atoms with van der Waals surface area (Å²) in [6.45, 7) is 3.95. The maximum absolute atomic E-state index is 13.9. The summed E-state index contributed by atoms with van der Waals surface area (Å²) in [4.78, 5) is 26.8. The van der Waals surface area contributed by atoms with Crippen molar-refractivity contribution in [3.8, 4) is 0 Å². The second-order valence-electron chi connectivity index (χ2n) is 6.07. The highest BCUT2D eigenvalue weighted by molar-refractivity contribution is 5.81. The largest absolute Gasteiger partial charge is 0.333 e. The molecule has 0 spiro atoms. The molecule has 6 heteroatoms. The Hall–Kier alpha value is -3.15. The number of amides is 1. The van der Waals surface area contributed by atoms with Gasteiger partial charge in [0.05, 0.1) is 11.0 Å². The Kier molecular flexibility index (Phi) is 5.02. The molecule has 0 radical (unpaired) electrons. The van der Waals surface area contributed by atoms with Gasteiger partial charge < -0.3 is 4.90 Å². The van der Waals surface area contributed by atoms with Crippen molar-refractivity contribution in [1.82, 2.24) is 14.0 Å². The molecule has 3 rings (SSSR count). The van der Waals surface area contributed by atoms with Crippen LogP contribution >= 0.6 is 0 Å². The van der Waals surface area contributed by atoms with Crippen molar-refractivity contribution in [3.63, 3.8) is 0 Å². The lowest BCUT2D eigenvalue weighted by Gasteiger charge is -2.21. The third-order valence-electron chi connectivity index (χ3n) is 4.37. The van der Waals surface area contributed by atoms with Crippen LogP contribution in [0.3, 0.4) is 0 Å². The Morgan fingerprint density at radius 2 is 1.81 bits per heavy atom. The van der Waals surface area contributed by atoms with Crippen molar-refractivity contribution in [3.05, 3.63) is 83.1 Å². The molecule has 0 unspecified atom stereocenters. The summed E-state index contributed by atoms with van der Waals surface area (Å²) in [6, 6.07) is 13.6. The maximum Gasteiger partial charge on any atom is 0.329 e. The van der Waals surface area contributed by atoms with Crippen LogP contribution in [0.25, 0.3) is 11.0 Å². The van der Waals surface area contributed by atoms with Gasteiger partial charge in [0.25, 0.3) is 0 Å². The Morgan fingerprint density at radius 3 is 2.50 bits per heavy atom. The number of aryl methyl sites for hydroxylation is 1. The summed E-state index contributed by atoms with van der Waals surface area (Å²) < 4.78 is 16.9. The van der Waals surface area contributed by atoms with Crippen molar-refractivity contribution in [1.29, 1.82) is 0 Å². The van der Waals surface area contributed by atoms with Gasteiger partial charge in [-0.05, 0) is 18.2 Å². The smallest absolute Gasteiger partial charge is 0.329 e. The minimum atomic E-state index is -0.364. The summed E-state index contributed by atoms with van der Waals surface area (Å²) in [5.74, 6) is -0.636. The lowest BCUT2D eigenvalue weighted by atomic mass is 10.2. The SMILES string of the molecule is C=CCN(Cc1ccccc1F)C(=O)Cn1c(=O)n(C)c2ccccc21. The van der Waals surface area contributed by atoms with Crippen LogP contribution in [0.4, 0.5) is 4.39 Å². The first kappa shape index (κ1) is 17.7. The number of fused-ring (bicyclic) bond motifs is 1. The van der Waals surface area contributed by atoms with Crippen LogP contribution in [0.1, 0.15) is 5.56 Å². The van der Waals surface area contributed by atoms with Crippen molar-refractivity contribution in [2.75, 3.05) is 6.54 Å². The van der Waals surface area contributed by atoms with E-state index in [-0.39, 0.29) is 37.0 Å². The molecule has 0 N–H and O–H groups in total.